The zero-order valence-corrected chi connectivity index (χ0v) is 23.4. The standard InChI is InChI=1S/C31H44O7/c1-22(2)20-34-28(23(3)4)37-31(32,35-21-24-12-8-6-9-13-24)38-29(25-14-10-7-11-15-25)36-30(33-5,26-16-17-26)27-18-19-27/h6-15,22-23,26-29,32H,16-21H2,1-5H3. The molecule has 0 amide bonds. The number of rotatable bonds is 17. The molecule has 0 bridgehead atoms. The number of ether oxygens (including phenoxy) is 6. The minimum absolute atomic E-state index is 0.0640. The van der Waals surface area contributed by atoms with Crippen molar-refractivity contribution < 1.29 is 33.5 Å². The molecule has 2 fully saturated rings. The van der Waals surface area contributed by atoms with Crippen LogP contribution in [-0.2, 0) is 35.0 Å². The fourth-order valence-corrected chi connectivity index (χ4v) is 4.59. The lowest BCUT2D eigenvalue weighted by Gasteiger charge is -2.40. The number of hydrogen-bond donors (Lipinski definition) is 1. The lowest BCUT2D eigenvalue weighted by molar-refractivity contribution is -0.548. The maximum absolute atomic E-state index is 11.8. The molecule has 0 spiro atoms. The van der Waals surface area contributed by atoms with Crippen LogP contribution in [-0.4, -0.2) is 37.1 Å². The number of methoxy groups -OCH3 is 1. The molecule has 1 N–H and O–H groups in total. The van der Waals surface area contributed by atoms with Crippen LogP contribution < -0.4 is 0 Å². The molecule has 7 nitrogen and oxygen atoms in total. The van der Waals surface area contributed by atoms with E-state index in [0.29, 0.717) is 12.5 Å². The van der Waals surface area contributed by atoms with Crippen LogP contribution >= 0.6 is 0 Å². The molecule has 210 valence electrons. The predicted molar refractivity (Wildman–Crippen MR) is 143 cm³/mol. The summed E-state index contributed by atoms with van der Waals surface area (Å²) in [5.41, 5.74) is 1.59. The highest BCUT2D eigenvalue weighted by molar-refractivity contribution is 5.17. The average molecular weight is 529 g/mol. The highest BCUT2D eigenvalue weighted by Gasteiger charge is 2.58. The maximum Gasteiger partial charge on any atom is 0.415 e. The first-order valence-corrected chi connectivity index (χ1v) is 13.9. The van der Waals surface area contributed by atoms with Gasteiger partial charge < -0.3 is 19.3 Å². The maximum atomic E-state index is 11.8. The lowest BCUT2D eigenvalue weighted by Crippen LogP contribution is -2.48. The van der Waals surface area contributed by atoms with Crippen LogP contribution in [0.2, 0.25) is 0 Å². The van der Waals surface area contributed by atoms with Crippen molar-refractivity contribution in [1.29, 1.82) is 0 Å². The Morgan fingerprint density at radius 2 is 1.39 bits per heavy atom. The Labute approximate surface area is 227 Å². The molecule has 2 aliphatic rings. The molecule has 4 rings (SSSR count). The SMILES string of the molecule is COC(OC(OC(O)(OCc1ccccc1)OC(OCC(C)C)C(C)C)c1ccccc1)(C1CC1)C1CC1. The van der Waals surface area contributed by atoms with Gasteiger partial charge >= 0.3 is 6.16 Å². The third kappa shape index (κ3) is 7.85. The molecule has 3 unspecified atom stereocenters. The zero-order chi connectivity index (χ0) is 27.2. The number of aliphatic hydroxyl groups is 1. The monoisotopic (exact) mass is 528 g/mol. The Morgan fingerprint density at radius 1 is 0.816 bits per heavy atom. The van der Waals surface area contributed by atoms with Crippen molar-refractivity contribution in [3.63, 3.8) is 0 Å². The molecular weight excluding hydrogens is 484 g/mol. The van der Waals surface area contributed by atoms with E-state index in [2.05, 4.69) is 13.8 Å². The summed E-state index contributed by atoms with van der Waals surface area (Å²) < 4.78 is 37.1. The number of benzene rings is 2. The molecule has 7 heteroatoms. The van der Waals surface area contributed by atoms with E-state index < -0.39 is 24.5 Å². The molecule has 0 saturated heterocycles. The second-order valence-corrected chi connectivity index (χ2v) is 11.2. The molecule has 0 heterocycles. The van der Waals surface area contributed by atoms with Crippen molar-refractivity contribution in [3.8, 4) is 0 Å². The summed E-state index contributed by atoms with van der Waals surface area (Å²) in [6.07, 6.45) is -0.0738. The van der Waals surface area contributed by atoms with E-state index in [4.69, 9.17) is 28.4 Å². The van der Waals surface area contributed by atoms with Crippen LogP contribution in [0.25, 0.3) is 0 Å². The second-order valence-electron chi connectivity index (χ2n) is 11.2. The Balaban J connectivity index is 1.62. The summed E-state index contributed by atoms with van der Waals surface area (Å²) in [6, 6.07) is 19.1. The molecule has 38 heavy (non-hydrogen) atoms. The highest BCUT2D eigenvalue weighted by atomic mass is 17.0. The summed E-state index contributed by atoms with van der Waals surface area (Å²) >= 11 is 0. The van der Waals surface area contributed by atoms with E-state index >= 15 is 0 Å². The van der Waals surface area contributed by atoms with E-state index in [1.165, 1.54) is 0 Å². The summed E-state index contributed by atoms with van der Waals surface area (Å²) in [5, 5.41) is 11.8. The smallest absolute Gasteiger partial charge is 0.352 e. The first-order chi connectivity index (χ1) is 18.2. The van der Waals surface area contributed by atoms with Crippen molar-refractivity contribution in [2.45, 2.75) is 84.5 Å². The van der Waals surface area contributed by atoms with Crippen LogP contribution in [0.3, 0.4) is 0 Å². The first kappa shape index (κ1) is 29.2. The quantitative estimate of drug-likeness (QED) is 0.239. The van der Waals surface area contributed by atoms with Gasteiger partial charge in [0.15, 0.2) is 18.4 Å². The van der Waals surface area contributed by atoms with E-state index in [1.807, 2.05) is 74.5 Å². The highest BCUT2D eigenvalue weighted by Crippen LogP contribution is 2.56. The zero-order valence-electron chi connectivity index (χ0n) is 23.4. The Bertz CT molecular complexity index is 947. The topological polar surface area (TPSA) is 75.6 Å². The van der Waals surface area contributed by atoms with E-state index in [1.54, 1.807) is 7.11 Å². The van der Waals surface area contributed by atoms with Crippen LogP contribution in [0.5, 0.6) is 0 Å². The summed E-state index contributed by atoms with van der Waals surface area (Å²) in [5.74, 6) is 0.000728. The first-order valence-electron chi connectivity index (χ1n) is 13.9. The molecule has 0 aliphatic heterocycles. The summed E-state index contributed by atoms with van der Waals surface area (Å²) in [4.78, 5) is 0. The van der Waals surface area contributed by atoms with Gasteiger partial charge in [0.05, 0.1) is 13.2 Å². The fraction of sp³-hybridized carbons (Fsp3) is 0.613. The van der Waals surface area contributed by atoms with Gasteiger partial charge in [-0.2, -0.15) is 0 Å². The molecule has 2 aromatic rings. The van der Waals surface area contributed by atoms with Gasteiger partial charge in [0.2, 0.25) is 0 Å². The van der Waals surface area contributed by atoms with Crippen LogP contribution in [0.15, 0.2) is 60.7 Å². The lowest BCUT2D eigenvalue weighted by atomic mass is 10.1. The van der Waals surface area contributed by atoms with Crippen molar-refractivity contribution >= 4 is 0 Å². The van der Waals surface area contributed by atoms with E-state index in [0.717, 1.165) is 36.8 Å². The third-order valence-electron chi connectivity index (χ3n) is 6.90. The minimum Gasteiger partial charge on any atom is -0.352 e. The Kier molecular flexibility index (Phi) is 9.98. The second kappa shape index (κ2) is 13.0. The largest absolute Gasteiger partial charge is 0.415 e. The normalized spacial score (nSPS) is 19.5. The Morgan fingerprint density at radius 3 is 1.89 bits per heavy atom. The van der Waals surface area contributed by atoms with Crippen molar-refractivity contribution in [3.05, 3.63) is 71.8 Å². The van der Waals surface area contributed by atoms with Crippen LogP contribution in [0.4, 0.5) is 0 Å². The van der Waals surface area contributed by atoms with Gasteiger partial charge in [-0.15, -0.1) is 0 Å². The molecule has 2 saturated carbocycles. The fourth-order valence-electron chi connectivity index (χ4n) is 4.59. The van der Waals surface area contributed by atoms with Gasteiger partial charge in [-0.05, 0) is 37.2 Å². The van der Waals surface area contributed by atoms with Gasteiger partial charge in [0.25, 0.3) is 0 Å². The molecule has 0 radical (unpaired) electrons. The summed E-state index contributed by atoms with van der Waals surface area (Å²) in [7, 11) is 1.70. The molecule has 2 aromatic carbocycles. The van der Waals surface area contributed by atoms with Crippen molar-refractivity contribution in [1.82, 2.24) is 0 Å². The average Bonchev–Trinajstić information content (AvgIpc) is 3.82. The van der Waals surface area contributed by atoms with Gasteiger partial charge in [-0.1, -0.05) is 88.4 Å². The van der Waals surface area contributed by atoms with Gasteiger partial charge in [0, 0.05) is 30.4 Å². The molecule has 2 aliphatic carbocycles. The van der Waals surface area contributed by atoms with E-state index in [9.17, 15) is 5.11 Å². The summed E-state index contributed by atoms with van der Waals surface area (Å²) in [6.45, 7) is 8.57. The Hall–Kier alpha value is -1.84. The van der Waals surface area contributed by atoms with Crippen LogP contribution in [0, 0.1) is 23.7 Å². The van der Waals surface area contributed by atoms with Gasteiger partial charge in [0.1, 0.15) is 0 Å². The number of hydrogen-bond acceptors (Lipinski definition) is 7. The predicted octanol–water partition coefficient (Wildman–Crippen LogP) is 6.37. The third-order valence-corrected chi connectivity index (χ3v) is 6.90. The van der Waals surface area contributed by atoms with Crippen molar-refractivity contribution in [2.24, 2.45) is 23.7 Å². The van der Waals surface area contributed by atoms with Gasteiger partial charge in [-0.25, -0.2) is 0 Å². The minimum atomic E-state index is -2.45. The molecule has 0 aromatic heterocycles. The molecule has 3 atom stereocenters. The van der Waals surface area contributed by atoms with Gasteiger partial charge in [-0.3, -0.25) is 14.2 Å². The van der Waals surface area contributed by atoms with Crippen molar-refractivity contribution in [2.75, 3.05) is 13.7 Å². The van der Waals surface area contributed by atoms with Crippen LogP contribution in [0.1, 0.15) is 70.8 Å². The van der Waals surface area contributed by atoms with E-state index in [-0.39, 0.29) is 24.4 Å². The molecular formula is C31H44O7.